The van der Waals surface area contributed by atoms with Crippen LogP contribution in [0.2, 0.25) is 0 Å². The Balaban J connectivity index is 2.27. The number of ether oxygens (including phenoxy) is 2. The zero-order valence-corrected chi connectivity index (χ0v) is 12.9. The van der Waals surface area contributed by atoms with Crippen molar-refractivity contribution in [2.75, 3.05) is 13.7 Å². The molecule has 0 unspecified atom stereocenters. The molecule has 0 spiro atoms. The minimum atomic E-state index is -0.380. The van der Waals surface area contributed by atoms with Crippen LogP contribution in [0.15, 0.2) is 18.2 Å². The number of aromatic amines is 1. The topological polar surface area (TPSA) is 86.0 Å². The third kappa shape index (κ3) is 3.33. The van der Waals surface area contributed by atoms with E-state index in [0.717, 1.165) is 11.4 Å². The highest BCUT2D eigenvalue weighted by molar-refractivity contribution is 5.44. The first-order chi connectivity index (χ1) is 10.1. The second-order valence-electron chi connectivity index (χ2n) is 5.05. The van der Waals surface area contributed by atoms with E-state index in [1.165, 1.54) is 0 Å². The molecule has 0 radical (unpaired) electrons. The molecule has 0 amide bonds. The second kappa shape index (κ2) is 6.58. The van der Waals surface area contributed by atoms with E-state index < -0.39 is 0 Å². The monoisotopic (exact) mass is 290 g/mol. The molecule has 2 rings (SSSR count). The van der Waals surface area contributed by atoms with E-state index in [-0.39, 0.29) is 12.0 Å². The quantitative estimate of drug-likeness (QED) is 0.853. The summed E-state index contributed by atoms with van der Waals surface area (Å²) >= 11 is 0. The third-order valence-electron chi connectivity index (χ3n) is 3.18. The van der Waals surface area contributed by atoms with Crippen molar-refractivity contribution in [3.05, 3.63) is 35.4 Å². The van der Waals surface area contributed by atoms with Gasteiger partial charge in [0.1, 0.15) is 5.82 Å². The Labute approximate surface area is 124 Å². The van der Waals surface area contributed by atoms with Crippen LogP contribution in [0.25, 0.3) is 0 Å². The van der Waals surface area contributed by atoms with Crippen LogP contribution in [0.1, 0.15) is 49.9 Å². The van der Waals surface area contributed by atoms with Gasteiger partial charge in [-0.05, 0) is 24.6 Å². The first kappa shape index (κ1) is 15.3. The van der Waals surface area contributed by atoms with Crippen LogP contribution in [0.4, 0.5) is 0 Å². The van der Waals surface area contributed by atoms with Gasteiger partial charge in [-0.2, -0.15) is 5.10 Å². The van der Waals surface area contributed by atoms with E-state index in [4.69, 9.17) is 15.2 Å². The SMILES string of the molecule is CCOc1ccc([C@@H](N)c2nc(C(C)C)n[nH]2)cc1OC. The number of H-pyrrole nitrogens is 1. The number of aromatic nitrogens is 3. The van der Waals surface area contributed by atoms with E-state index in [1.54, 1.807) is 7.11 Å². The lowest BCUT2D eigenvalue weighted by molar-refractivity contribution is 0.310. The summed E-state index contributed by atoms with van der Waals surface area (Å²) in [5.74, 6) is 3.03. The predicted octanol–water partition coefficient (Wildman–Crippen LogP) is 2.38. The summed E-state index contributed by atoms with van der Waals surface area (Å²) in [4.78, 5) is 4.44. The molecule has 114 valence electrons. The molecule has 21 heavy (non-hydrogen) atoms. The molecule has 0 saturated carbocycles. The van der Waals surface area contributed by atoms with Gasteiger partial charge in [0, 0.05) is 5.92 Å². The first-order valence-electron chi connectivity index (χ1n) is 7.05. The second-order valence-corrected chi connectivity index (χ2v) is 5.05. The minimum Gasteiger partial charge on any atom is -0.493 e. The molecule has 1 heterocycles. The summed E-state index contributed by atoms with van der Waals surface area (Å²) in [5.41, 5.74) is 7.14. The Hall–Kier alpha value is -2.08. The van der Waals surface area contributed by atoms with Crippen LogP contribution in [-0.2, 0) is 0 Å². The number of benzene rings is 1. The number of hydrogen-bond acceptors (Lipinski definition) is 5. The summed E-state index contributed by atoms with van der Waals surface area (Å²) < 4.78 is 10.8. The first-order valence-corrected chi connectivity index (χ1v) is 7.05. The lowest BCUT2D eigenvalue weighted by Gasteiger charge is -2.13. The Bertz CT molecular complexity index is 595. The fourth-order valence-electron chi connectivity index (χ4n) is 2.00. The standard InChI is InChI=1S/C15H22N4O2/c1-5-21-11-7-6-10(8-12(11)20-4)13(16)15-17-14(9(2)3)18-19-15/h6-9,13H,5,16H2,1-4H3,(H,17,18,19)/t13-/m1/s1. The van der Waals surface area contributed by atoms with Gasteiger partial charge in [-0.25, -0.2) is 4.98 Å². The van der Waals surface area contributed by atoms with Crippen LogP contribution >= 0.6 is 0 Å². The number of methoxy groups -OCH3 is 1. The maximum Gasteiger partial charge on any atom is 0.161 e. The summed E-state index contributed by atoms with van der Waals surface area (Å²) in [6, 6.07) is 5.26. The van der Waals surface area contributed by atoms with E-state index in [2.05, 4.69) is 15.2 Å². The van der Waals surface area contributed by atoms with Crippen molar-refractivity contribution >= 4 is 0 Å². The number of nitrogens with zero attached hydrogens (tertiary/aromatic N) is 2. The van der Waals surface area contributed by atoms with Crippen molar-refractivity contribution in [3.8, 4) is 11.5 Å². The van der Waals surface area contributed by atoms with E-state index in [1.807, 2.05) is 39.0 Å². The molecule has 0 aliphatic carbocycles. The van der Waals surface area contributed by atoms with Gasteiger partial charge in [-0.1, -0.05) is 19.9 Å². The highest BCUT2D eigenvalue weighted by Gasteiger charge is 2.17. The maximum absolute atomic E-state index is 6.25. The molecule has 1 aromatic heterocycles. The third-order valence-corrected chi connectivity index (χ3v) is 3.18. The normalized spacial score (nSPS) is 12.5. The van der Waals surface area contributed by atoms with E-state index >= 15 is 0 Å². The van der Waals surface area contributed by atoms with Crippen molar-refractivity contribution in [3.63, 3.8) is 0 Å². The fraction of sp³-hybridized carbons (Fsp3) is 0.467. The molecule has 0 fully saturated rings. The van der Waals surface area contributed by atoms with Gasteiger partial charge in [0.15, 0.2) is 17.3 Å². The molecular weight excluding hydrogens is 268 g/mol. The zero-order chi connectivity index (χ0) is 15.4. The zero-order valence-electron chi connectivity index (χ0n) is 12.9. The average Bonchev–Trinajstić information content (AvgIpc) is 2.97. The van der Waals surface area contributed by atoms with E-state index in [0.29, 0.717) is 23.9 Å². The van der Waals surface area contributed by atoms with Crippen molar-refractivity contribution in [1.29, 1.82) is 0 Å². The van der Waals surface area contributed by atoms with Crippen LogP contribution in [0.3, 0.4) is 0 Å². The Morgan fingerprint density at radius 1 is 1.29 bits per heavy atom. The smallest absolute Gasteiger partial charge is 0.161 e. The molecule has 1 aromatic carbocycles. The van der Waals surface area contributed by atoms with Crippen LogP contribution in [-0.4, -0.2) is 28.9 Å². The van der Waals surface area contributed by atoms with Gasteiger partial charge in [0.25, 0.3) is 0 Å². The van der Waals surface area contributed by atoms with Crippen LogP contribution in [0.5, 0.6) is 11.5 Å². The van der Waals surface area contributed by atoms with E-state index in [9.17, 15) is 0 Å². The lowest BCUT2D eigenvalue weighted by atomic mass is 10.1. The van der Waals surface area contributed by atoms with Crippen LogP contribution in [0, 0.1) is 0 Å². The van der Waals surface area contributed by atoms with Gasteiger partial charge in [0.05, 0.1) is 19.8 Å². The molecule has 0 aliphatic rings. The van der Waals surface area contributed by atoms with Crippen molar-refractivity contribution in [2.24, 2.45) is 5.73 Å². The molecular formula is C15H22N4O2. The number of nitrogens with two attached hydrogens (primary N) is 1. The summed E-state index contributed by atoms with van der Waals surface area (Å²) in [5, 5.41) is 7.08. The molecule has 6 heteroatoms. The average molecular weight is 290 g/mol. The van der Waals surface area contributed by atoms with Gasteiger partial charge in [-0.3, -0.25) is 5.10 Å². The molecule has 0 saturated heterocycles. The summed E-state index contributed by atoms with van der Waals surface area (Å²) in [6.07, 6.45) is 0. The summed E-state index contributed by atoms with van der Waals surface area (Å²) in [7, 11) is 1.61. The van der Waals surface area contributed by atoms with Crippen molar-refractivity contribution in [1.82, 2.24) is 15.2 Å². The number of hydrogen-bond donors (Lipinski definition) is 2. The van der Waals surface area contributed by atoms with Gasteiger partial charge < -0.3 is 15.2 Å². The fourth-order valence-corrected chi connectivity index (χ4v) is 2.00. The molecule has 2 aromatic rings. The Kier molecular flexibility index (Phi) is 4.80. The molecule has 6 nitrogen and oxygen atoms in total. The van der Waals surface area contributed by atoms with Gasteiger partial charge >= 0.3 is 0 Å². The molecule has 1 atom stereocenters. The Morgan fingerprint density at radius 2 is 2.05 bits per heavy atom. The predicted molar refractivity (Wildman–Crippen MR) is 80.7 cm³/mol. The van der Waals surface area contributed by atoms with Crippen molar-refractivity contribution in [2.45, 2.75) is 32.7 Å². The van der Waals surface area contributed by atoms with Gasteiger partial charge in [0.2, 0.25) is 0 Å². The largest absolute Gasteiger partial charge is 0.493 e. The minimum absolute atomic E-state index is 0.261. The molecule has 0 aliphatic heterocycles. The maximum atomic E-state index is 6.25. The number of rotatable bonds is 6. The highest BCUT2D eigenvalue weighted by atomic mass is 16.5. The lowest BCUT2D eigenvalue weighted by Crippen LogP contribution is -2.14. The highest BCUT2D eigenvalue weighted by Crippen LogP contribution is 2.31. The number of nitrogens with one attached hydrogen (secondary N) is 1. The molecule has 0 bridgehead atoms. The van der Waals surface area contributed by atoms with Crippen LogP contribution < -0.4 is 15.2 Å². The summed E-state index contributed by atoms with van der Waals surface area (Å²) in [6.45, 7) is 6.60. The molecule has 3 N–H and O–H groups in total. The van der Waals surface area contributed by atoms with Gasteiger partial charge in [-0.15, -0.1) is 0 Å². The Morgan fingerprint density at radius 3 is 2.62 bits per heavy atom. The van der Waals surface area contributed by atoms with Crippen molar-refractivity contribution < 1.29 is 9.47 Å².